The van der Waals surface area contributed by atoms with Crippen LogP contribution >= 0.6 is 15.9 Å². The zero-order chi connectivity index (χ0) is 14.6. The van der Waals surface area contributed by atoms with Gasteiger partial charge in [0.2, 0.25) is 0 Å². The fraction of sp³-hybridized carbons (Fsp3) is 0.308. The number of ether oxygens (including phenoxy) is 1. The molecule has 0 aromatic heterocycles. The maximum atomic E-state index is 12.0. The highest BCUT2D eigenvalue weighted by Crippen LogP contribution is 2.18. The van der Waals surface area contributed by atoms with E-state index in [9.17, 15) is 14.4 Å². The van der Waals surface area contributed by atoms with Crippen LogP contribution in [0.4, 0.5) is 0 Å². The zero-order valence-corrected chi connectivity index (χ0v) is 12.1. The normalized spacial score (nSPS) is 11.7. The Morgan fingerprint density at radius 3 is 2.42 bits per heavy atom. The summed E-state index contributed by atoms with van der Waals surface area (Å²) in [6.45, 7) is 3.43. The van der Waals surface area contributed by atoms with E-state index in [1.165, 1.54) is 18.2 Å². The number of carboxylic acid groups (broad SMARTS) is 1. The summed E-state index contributed by atoms with van der Waals surface area (Å²) in [6, 6.07) is 3.75. The Bertz CT molecular complexity index is 522. The number of esters is 1. The Kier molecular flexibility index (Phi) is 5.23. The van der Waals surface area contributed by atoms with Crippen LogP contribution in [0.2, 0.25) is 0 Å². The van der Waals surface area contributed by atoms with Crippen molar-refractivity contribution in [3.05, 3.63) is 34.9 Å². The number of alkyl halides is 1. The van der Waals surface area contributed by atoms with E-state index in [-0.39, 0.29) is 29.1 Å². The van der Waals surface area contributed by atoms with Crippen molar-refractivity contribution >= 4 is 33.7 Å². The molecule has 1 rings (SSSR count). The molecule has 0 radical (unpaired) electrons. The summed E-state index contributed by atoms with van der Waals surface area (Å²) < 4.78 is 4.84. The third-order valence-electron chi connectivity index (χ3n) is 2.39. The second-order valence-corrected chi connectivity index (χ2v) is 5.14. The Morgan fingerprint density at radius 2 is 1.95 bits per heavy atom. The summed E-state index contributed by atoms with van der Waals surface area (Å²) in [7, 11) is 0. The van der Waals surface area contributed by atoms with E-state index >= 15 is 0 Å². The van der Waals surface area contributed by atoms with Gasteiger partial charge in [-0.2, -0.15) is 0 Å². The maximum Gasteiger partial charge on any atom is 0.338 e. The highest BCUT2D eigenvalue weighted by atomic mass is 79.9. The molecule has 1 atom stereocenters. The van der Waals surface area contributed by atoms with Crippen LogP contribution in [0.25, 0.3) is 0 Å². The highest BCUT2D eigenvalue weighted by molar-refractivity contribution is 9.10. The van der Waals surface area contributed by atoms with E-state index in [1.807, 2.05) is 0 Å². The van der Waals surface area contributed by atoms with Gasteiger partial charge in [0, 0.05) is 5.56 Å². The standard InChI is InChI=1S/C13H13BrO5/c1-3-19-13(18)9-5-4-8(12(16)17)6-10(9)11(15)7(2)14/h4-7H,3H2,1-2H3,(H,16,17). The van der Waals surface area contributed by atoms with Gasteiger partial charge in [-0.3, -0.25) is 4.79 Å². The van der Waals surface area contributed by atoms with E-state index in [0.717, 1.165) is 0 Å². The third kappa shape index (κ3) is 3.64. The molecule has 0 spiro atoms. The van der Waals surface area contributed by atoms with Crippen LogP contribution in [-0.2, 0) is 4.74 Å². The second-order valence-electron chi connectivity index (χ2n) is 3.77. The Morgan fingerprint density at radius 1 is 1.32 bits per heavy atom. The first-order valence-electron chi connectivity index (χ1n) is 5.61. The van der Waals surface area contributed by atoms with Gasteiger partial charge in [0.05, 0.1) is 22.6 Å². The van der Waals surface area contributed by atoms with Gasteiger partial charge in [-0.15, -0.1) is 0 Å². The van der Waals surface area contributed by atoms with Crippen molar-refractivity contribution in [2.24, 2.45) is 0 Å². The average molecular weight is 329 g/mol. The van der Waals surface area contributed by atoms with Crippen LogP contribution in [0.1, 0.15) is 44.9 Å². The van der Waals surface area contributed by atoms with Gasteiger partial charge in [-0.1, -0.05) is 15.9 Å². The number of ketones is 1. The van der Waals surface area contributed by atoms with Crippen LogP contribution in [0.15, 0.2) is 18.2 Å². The molecule has 1 N–H and O–H groups in total. The summed E-state index contributed by atoms with van der Waals surface area (Å²) in [5, 5.41) is 8.92. The minimum atomic E-state index is -1.16. The van der Waals surface area contributed by atoms with Gasteiger partial charge in [0.1, 0.15) is 0 Å². The fourth-order valence-electron chi connectivity index (χ4n) is 1.48. The molecule has 0 amide bonds. The van der Waals surface area contributed by atoms with Gasteiger partial charge in [-0.05, 0) is 32.0 Å². The lowest BCUT2D eigenvalue weighted by molar-refractivity contribution is 0.0522. The van der Waals surface area contributed by atoms with Crippen LogP contribution in [0.3, 0.4) is 0 Å². The van der Waals surface area contributed by atoms with E-state index in [1.54, 1.807) is 13.8 Å². The number of rotatable bonds is 5. The van der Waals surface area contributed by atoms with Crippen molar-refractivity contribution in [2.45, 2.75) is 18.7 Å². The van der Waals surface area contributed by atoms with Crippen molar-refractivity contribution in [3.63, 3.8) is 0 Å². The quantitative estimate of drug-likeness (QED) is 0.510. The molecule has 0 aliphatic carbocycles. The van der Waals surface area contributed by atoms with Crippen LogP contribution in [0.5, 0.6) is 0 Å². The summed E-state index contributed by atoms with van der Waals surface area (Å²) in [5.41, 5.74) is 0.0652. The number of Topliss-reactive ketones (excluding diaryl/α,β-unsaturated/α-hetero) is 1. The number of carboxylic acids is 1. The average Bonchev–Trinajstić information content (AvgIpc) is 2.37. The molecule has 1 unspecified atom stereocenters. The number of aromatic carboxylic acids is 1. The van der Waals surface area contributed by atoms with Crippen LogP contribution in [-0.4, -0.2) is 34.3 Å². The predicted octanol–water partition coefficient (Wildman–Crippen LogP) is 2.53. The zero-order valence-electron chi connectivity index (χ0n) is 10.5. The molecular weight excluding hydrogens is 316 g/mol. The fourth-order valence-corrected chi connectivity index (χ4v) is 1.73. The monoisotopic (exact) mass is 328 g/mol. The summed E-state index contributed by atoms with van der Waals surface area (Å²) >= 11 is 3.11. The maximum absolute atomic E-state index is 12.0. The first-order chi connectivity index (χ1) is 8.88. The molecule has 102 valence electrons. The summed E-state index contributed by atoms with van der Waals surface area (Å²) in [6.07, 6.45) is 0. The molecule has 0 aliphatic heterocycles. The Labute approximate surface area is 118 Å². The van der Waals surface area contributed by atoms with E-state index < -0.39 is 16.8 Å². The smallest absolute Gasteiger partial charge is 0.338 e. The molecule has 0 bridgehead atoms. The SMILES string of the molecule is CCOC(=O)c1ccc(C(=O)O)cc1C(=O)C(C)Br. The van der Waals surface area contributed by atoms with Crippen molar-refractivity contribution in [1.82, 2.24) is 0 Å². The minimum absolute atomic E-state index is 0.0442. The molecule has 0 fully saturated rings. The van der Waals surface area contributed by atoms with Crippen molar-refractivity contribution in [1.29, 1.82) is 0 Å². The van der Waals surface area contributed by atoms with Crippen LogP contribution in [0, 0.1) is 0 Å². The number of carbonyl (C=O) groups is 3. The Hall–Kier alpha value is -1.69. The number of hydrogen-bond donors (Lipinski definition) is 1. The number of benzene rings is 1. The third-order valence-corrected chi connectivity index (χ3v) is 2.80. The van der Waals surface area contributed by atoms with Gasteiger partial charge < -0.3 is 9.84 Å². The molecule has 0 heterocycles. The molecular formula is C13H13BrO5. The lowest BCUT2D eigenvalue weighted by Crippen LogP contribution is -2.18. The van der Waals surface area contributed by atoms with Gasteiger partial charge >= 0.3 is 11.9 Å². The van der Waals surface area contributed by atoms with Crippen molar-refractivity contribution < 1.29 is 24.2 Å². The number of halogens is 1. The lowest BCUT2D eigenvalue weighted by Gasteiger charge is -2.10. The molecule has 0 saturated heterocycles. The molecule has 0 aliphatic rings. The first-order valence-corrected chi connectivity index (χ1v) is 6.52. The molecule has 5 nitrogen and oxygen atoms in total. The largest absolute Gasteiger partial charge is 0.478 e. The van der Waals surface area contributed by atoms with Gasteiger partial charge in [-0.25, -0.2) is 9.59 Å². The Balaban J connectivity index is 3.34. The van der Waals surface area contributed by atoms with Gasteiger partial charge in [0.15, 0.2) is 5.78 Å². The lowest BCUT2D eigenvalue weighted by atomic mass is 9.99. The predicted molar refractivity (Wildman–Crippen MR) is 72.1 cm³/mol. The van der Waals surface area contributed by atoms with E-state index in [4.69, 9.17) is 9.84 Å². The number of hydrogen-bond acceptors (Lipinski definition) is 4. The molecule has 1 aromatic rings. The minimum Gasteiger partial charge on any atom is -0.478 e. The van der Waals surface area contributed by atoms with E-state index in [2.05, 4.69) is 15.9 Å². The first kappa shape index (κ1) is 15.4. The van der Waals surface area contributed by atoms with Crippen molar-refractivity contribution in [3.8, 4) is 0 Å². The summed E-state index contributed by atoms with van der Waals surface area (Å²) in [4.78, 5) is 34.1. The number of carbonyl (C=O) groups excluding carboxylic acids is 2. The van der Waals surface area contributed by atoms with Crippen LogP contribution < -0.4 is 0 Å². The second kappa shape index (κ2) is 6.47. The molecule has 19 heavy (non-hydrogen) atoms. The highest BCUT2D eigenvalue weighted by Gasteiger charge is 2.22. The van der Waals surface area contributed by atoms with Crippen molar-refractivity contribution in [2.75, 3.05) is 6.61 Å². The molecule has 1 aromatic carbocycles. The topological polar surface area (TPSA) is 80.7 Å². The molecule has 0 saturated carbocycles. The molecule has 6 heteroatoms. The van der Waals surface area contributed by atoms with E-state index in [0.29, 0.717) is 0 Å². The van der Waals surface area contributed by atoms with Gasteiger partial charge in [0.25, 0.3) is 0 Å². The summed E-state index contributed by atoms with van der Waals surface area (Å²) in [5.74, 6) is -2.17.